The Kier molecular flexibility index (Phi) is 61.4. The molecule has 0 rings (SSSR count). The number of carbonyl (C=O) groups excluding carboxylic acids is 2. The van der Waals surface area contributed by atoms with Gasteiger partial charge in [-0.3, -0.25) is 9.59 Å². The largest absolute Gasteiger partial charge is 0.477 e. The van der Waals surface area contributed by atoms with Crippen LogP contribution in [0.5, 0.6) is 0 Å². The van der Waals surface area contributed by atoms with Crippen molar-refractivity contribution in [3.63, 3.8) is 0 Å². The SMILES string of the molecule is CC/C=C\C/C=C\C/C=C\C/C=C\C/C=C\C/C=C\C/C=C\C/C=C\C/C=C\C/C=C\CCCCCCC(=O)OC(COC(=O)CCCCCCCCCCCCCCC/C=C\C/C=C\CCCCCCC)COC(OCC[N+](C)(C)C)C(=O)O. The van der Waals surface area contributed by atoms with E-state index in [0.29, 0.717) is 17.4 Å². The van der Waals surface area contributed by atoms with Gasteiger partial charge in [0.2, 0.25) is 0 Å². The van der Waals surface area contributed by atoms with Gasteiger partial charge in [0.05, 0.1) is 34.4 Å². The molecular weight excluding hydrogens is 1050 g/mol. The van der Waals surface area contributed by atoms with Crippen LogP contribution in [0.25, 0.3) is 0 Å². The molecule has 2 atom stereocenters. The lowest BCUT2D eigenvalue weighted by Gasteiger charge is -2.25. The number of rotatable bonds is 61. The number of hydrogen-bond acceptors (Lipinski definition) is 7. The first-order valence-corrected chi connectivity index (χ1v) is 34.0. The Labute approximate surface area is 522 Å². The Morgan fingerprint density at radius 3 is 1.00 bits per heavy atom. The van der Waals surface area contributed by atoms with Crippen molar-refractivity contribution < 1.29 is 42.9 Å². The molecule has 0 aromatic rings. The summed E-state index contributed by atoms with van der Waals surface area (Å²) in [5.41, 5.74) is 0. The number of esters is 2. The zero-order valence-corrected chi connectivity index (χ0v) is 55.0. The number of ether oxygens (including phenoxy) is 4. The molecule has 2 unspecified atom stereocenters. The van der Waals surface area contributed by atoms with Crippen molar-refractivity contribution in [1.82, 2.24) is 0 Å². The maximum Gasteiger partial charge on any atom is 0.361 e. The minimum atomic E-state index is -1.53. The molecule has 482 valence electrons. The van der Waals surface area contributed by atoms with Crippen molar-refractivity contribution in [2.75, 3.05) is 47.5 Å². The van der Waals surface area contributed by atoms with E-state index in [9.17, 15) is 19.5 Å². The fourth-order valence-electron chi connectivity index (χ4n) is 8.90. The summed E-state index contributed by atoms with van der Waals surface area (Å²) in [6.07, 6.45) is 92.3. The fraction of sp³-hybridized carbons (Fsp3) is 0.645. The number of carbonyl (C=O) groups is 3. The maximum absolute atomic E-state index is 12.9. The van der Waals surface area contributed by atoms with Gasteiger partial charge in [-0.1, -0.05) is 269 Å². The number of carboxylic acids is 1. The molecule has 0 heterocycles. The highest BCUT2D eigenvalue weighted by Gasteiger charge is 2.25. The summed E-state index contributed by atoms with van der Waals surface area (Å²) in [5.74, 6) is -2.05. The number of nitrogens with zero attached hydrogens (tertiary/aromatic N) is 1. The van der Waals surface area contributed by atoms with E-state index in [4.69, 9.17) is 18.9 Å². The van der Waals surface area contributed by atoms with Gasteiger partial charge < -0.3 is 28.5 Å². The van der Waals surface area contributed by atoms with Gasteiger partial charge in [-0.2, -0.15) is 0 Å². The predicted molar refractivity (Wildman–Crippen MR) is 364 cm³/mol. The molecule has 9 nitrogen and oxygen atoms in total. The first kappa shape index (κ1) is 80.2. The molecule has 0 bridgehead atoms. The van der Waals surface area contributed by atoms with E-state index in [0.717, 1.165) is 116 Å². The topological polar surface area (TPSA) is 108 Å². The quantitative estimate of drug-likeness (QED) is 0.0211. The summed E-state index contributed by atoms with van der Waals surface area (Å²) >= 11 is 0. The van der Waals surface area contributed by atoms with Crippen LogP contribution < -0.4 is 0 Å². The minimum Gasteiger partial charge on any atom is -0.477 e. The standard InChI is InChI=1S/C76H125NO8/c1-6-8-10-12-14-16-18-20-22-24-26-28-30-32-33-34-35-36-37-38-39-40-41-43-45-47-49-51-53-55-57-59-61-63-65-67-74(79)85-72(71-84-76(75(80)81)82-69-68-77(3,4)5)70-83-73(78)66-64-62-60-58-56-54-52-50-48-46-44-42-31-29-27-25-23-21-19-17-15-13-11-9-7-2/h8,10,14,16,19-22,25-28,32-33,35-36,38-39,41,43,47,49,53,55,72,76H,6-7,9,11-13,15,17-18,23-24,29-31,34,37,40,42,44-46,48,50-52,54,56-71H2,1-5H3/p+1/b10-8-,16-14-,21-19-,22-20-,27-25-,28-26-,33-32-,36-35-,39-38-,43-41-,49-47-,55-53-. The summed E-state index contributed by atoms with van der Waals surface area (Å²) in [6, 6.07) is 0. The van der Waals surface area contributed by atoms with Crippen LogP contribution in [0.15, 0.2) is 146 Å². The van der Waals surface area contributed by atoms with Crippen LogP contribution in [0.4, 0.5) is 0 Å². The zero-order valence-electron chi connectivity index (χ0n) is 55.0. The average Bonchev–Trinajstić information content (AvgIpc) is 3.48. The highest BCUT2D eigenvalue weighted by molar-refractivity contribution is 5.71. The molecule has 0 fully saturated rings. The molecule has 1 N–H and O–H groups in total. The van der Waals surface area contributed by atoms with Crippen LogP contribution in [0.2, 0.25) is 0 Å². The highest BCUT2D eigenvalue weighted by Crippen LogP contribution is 2.16. The second kappa shape index (κ2) is 65.2. The van der Waals surface area contributed by atoms with Crippen molar-refractivity contribution in [2.24, 2.45) is 0 Å². The molecule has 0 saturated carbocycles. The van der Waals surface area contributed by atoms with Crippen molar-refractivity contribution in [3.05, 3.63) is 146 Å². The highest BCUT2D eigenvalue weighted by atomic mass is 16.7. The minimum absolute atomic E-state index is 0.175. The molecule has 0 aromatic heterocycles. The Morgan fingerprint density at radius 1 is 0.365 bits per heavy atom. The second-order valence-corrected chi connectivity index (χ2v) is 23.4. The van der Waals surface area contributed by atoms with Gasteiger partial charge in [-0.05, 0) is 122 Å². The molecule has 0 amide bonds. The van der Waals surface area contributed by atoms with Gasteiger partial charge in [-0.25, -0.2) is 4.79 Å². The van der Waals surface area contributed by atoms with Gasteiger partial charge in [-0.15, -0.1) is 0 Å². The average molecular weight is 1180 g/mol. The lowest BCUT2D eigenvalue weighted by Crippen LogP contribution is -2.40. The molecule has 0 saturated heterocycles. The molecule has 0 aliphatic heterocycles. The predicted octanol–water partition coefficient (Wildman–Crippen LogP) is 21.1. The molecule has 9 heteroatoms. The van der Waals surface area contributed by atoms with E-state index in [2.05, 4.69) is 160 Å². The molecule has 0 spiro atoms. The third-order valence-corrected chi connectivity index (χ3v) is 14.1. The Hall–Kier alpha value is -4.83. The van der Waals surface area contributed by atoms with Crippen LogP contribution in [-0.2, 0) is 33.3 Å². The molecule has 0 aliphatic carbocycles. The van der Waals surface area contributed by atoms with Crippen molar-refractivity contribution >= 4 is 17.9 Å². The zero-order chi connectivity index (χ0) is 61.9. The van der Waals surface area contributed by atoms with Crippen LogP contribution >= 0.6 is 0 Å². The van der Waals surface area contributed by atoms with Crippen molar-refractivity contribution in [3.8, 4) is 0 Å². The number of likely N-dealkylation sites (N-methyl/N-ethyl adjacent to an activating group) is 1. The van der Waals surface area contributed by atoms with E-state index < -0.39 is 24.3 Å². The molecule has 0 aromatic carbocycles. The van der Waals surface area contributed by atoms with E-state index in [1.165, 1.54) is 109 Å². The monoisotopic (exact) mass is 1180 g/mol. The van der Waals surface area contributed by atoms with Gasteiger partial charge in [0.1, 0.15) is 13.2 Å². The van der Waals surface area contributed by atoms with E-state index in [1.54, 1.807) is 0 Å². The van der Waals surface area contributed by atoms with E-state index in [-0.39, 0.29) is 38.6 Å². The second-order valence-electron chi connectivity index (χ2n) is 23.4. The van der Waals surface area contributed by atoms with Crippen LogP contribution in [-0.4, -0.2) is 87.4 Å². The summed E-state index contributed by atoms with van der Waals surface area (Å²) in [4.78, 5) is 37.6. The Bertz CT molecular complexity index is 1900. The summed E-state index contributed by atoms with van der Waals surface area (Å²) in [7, 11) is 5.96. The Balaban J connectivity index is 4.26. The molecule has 85 heavy (non-hydrogen) atoms. The lowest BCUT2D eigenvalue weighted by molar-refractivity contribution is -0.870. The molecule has 0 radical (unpaired) electrons. The number of aliphatic carboxylic acids is 1. The maximum atomic E-state index is 12.9. The summed E-state index contributed by atoms with van der Waals surface area (Å²) in [5, 5.41) is 9.74. The summed E-state index contributed by atoms with van der Waals surface area (Å²) < 4.78 is 22.9. The molecule has 0 aliphatic rings. The number of unbranched alkanes of at least 4 members (excludes halogenated alkanes) is 22. The first-order valence-electron chi connectivity index (χ1n) is 34.0. The van der Waals surface area contributed by atoms with Gasteiger partial charge in [0, 0.05) is 12.8 Å². The van der Waals surface area contributed by atoms with Gasteiger partial charge in [0.15, 0.2) is 6.10 Å². The lowest BCUT2D eigenvalue weighted by atomic mass is 10.0. The summed E-state index contributed by atoms with van der Waals surface area (Å²) in [6.45, 7) is 4.72. The van der Waals surface area contributed by atoms with E-state index in [1.807, 2.05) is 21.1 Å². The molecular formula is C76H126NO8+. The van der Waals surface area contributed by atoms with Crippen LogP contribution in [0.3, 0.4) is 0 Å². The van der Waals surface area contributed by atoms with E-state index >= 15 is 0 Å². The van der Waals surface area contributed by atoms with Crippen LogP contribution in [0, 0.1) is 0 Å². The smallest absolute Gasteiger partial charge is 0.361 e. The fourth-order valence-corrected chi connectivity index (χ4v) is 8.90. The van der Waals surface area contributed by atoms with Crippen molar-refractivity contribution in [2.45, 2.75) is 270 Å². The normalized spacial score (nSPS) is 13.7. The number of allylic oxidation sites excluding steroid dienone is 24. The first-order chi connectivity index (χ1) is 41.6. The third-order valence-electron chi connectivity index (χ3n) is 14.1. The number of quaternary nitrogens is 1. The van der Waals surface area contributed by atoms with Crippen LogP contribution in [0.1, 0.15) is 258 Å². The Morgan fingerprint density at radius 2 is 0.671 bits per heavy atom. The van der Waals surface area contributed by atoms with Gasteiger partial charge >= 0.3 is 17.9 Å². The van der Waals surface area contributed by atoms with Gasteiger partial charge in [0.25, 0.3) is 6.29 Å². The number of hydrogen-bond donors (Lipinski definition) is 1. The third kappa shape index (κ3) is 66.5. The number of carboxylic acid groups (broad SMARTS) is 1. The van der Waals surface area contributed by atoms with Crippen molar-refractivity contribution in [1.29, 1.82) is 0 Å².